The van der Waals surface area contributed by atoms with Crippen LogP contribution in [0.4, 0.5) is 0 Å². The minimum absolute atomic E-state index is 0.220. The second-order valence-electron chi connectivity index (χ2n) is 9.22. The SMILES string of the molecule is CCOC(=O)C1=C(C)N=c2s/c(=C/c3cc(C)n(-c4cccc(Cl)c4)c3C)c(=O)n2[C@H]1c1ccc(OC)cc1. The number of ether oxygens (including phenoxy) is 2. The highest BCUT2D eigenvalue weighted by molar-refractivity contribution is 7.07. The van der Waals surface area contributed by atoms with Gasteiger partial charge in [-0.1, -0.05) is 41.1 Å². The Labute approximate surface area is 234 Å². The van der Waals surface area contributed by atoms with Gasteiger partial charge in [-0.3, -0.25) is 9.36 Å². The number of fused-ring (bicyclic) bond motifs is 1. The molecule has 1 aliphatic heterocycles. The summed E-state index contributed by atoms with van der Waals surface area (Å²) in [7, 11) is 1.59. The van der Waals surface area contributed by atoms with Gasteiger partial charge in [-0.15, -0.1) is 0 Å². The second-order valence-corrected chi connectivity index (χ2v) is 10.7. The Morgan fingerprint density at radius 1 is 1.13 bits per heavy atom. The van der Waals surface area contributed by atoms with E-state index in [1.807, 2.05) is 74.5 Å². The number of nitrogens with zero attached hydrogens (tertiary/aromatic N) is 3. The summed E-state index contributed by atoms with van der Waals surface area (Å²) in [5, 5.41) is 0.654. The molecule has 0 radical (unpaired) electrons. The predicted molar refractivity (Wildman–Crippen MR) is 154 cm³/mol. The van der Waals surface area contributed by atoms with Crippen molar-refractivity contribution in [2.45, 2.75) is 33.7 Å². The number of allylic oxidation sites excluding steroid dienone is 1. The predicted octanol–water partition coefficient (Wildman–Crippen LogP) is 4.87. The lowest BCUT2D eigenvalue weighted by Crippen LogP contribution is -2.39. The topological polar surface area (TPSA) is 74.8 Å². The summed E-state index contributed by atoms with van der Waals surface area (Å²) in [6.45, 7) is 7.78. The fraction of sp³-hybridized carbons (Fsp3) is 0.233. The molecule has 39 heavy (non-hydrogen) atoms. The first kappa shape index (κ1) is 26.7. The zero-order valence-corrected chi connectivity index (χ0v) is 23.9. The van der Waals surface area contributed by atoms with E-state index >= 15 is 0 Å². The minimum Gasteiger partial charge on any atom is -0.497 e. The lowest BCUT2D eigenvalue weighted by molar-refractivity contribution is -0.139. The van der Waals surface area contributed by atoms with Crippen LogP contribution in [-0.4, -0.2) is 28.8 Å². The molecule has 7 nitrogen and oxygen atoms in total. The van der Waals surface area contributed by atoms with Crippen LogP contribution in [0.5, 0.6) is 5.75 Å². The monoisotopic (exact) mass is 561 g/mol. The molecular weight excluding hydrogens is 534 g/mol. The molecule has 0 saturated heterocycles. The van der Waals surface area contributed by atoms with Crippen LogP contribution >= 0.6 is 22.9 Å². The van der Waals surface area contributed by atoms with Crippen molar-refractivity contribution in [3.63, 3.8) is 0 Å². The van der Waals surface area contributed by atoms with Gasteiger partial charge >= 0.3 is 5.97 Å². The van der Waals surface area contributed by atoms with Crippen LogP contribution in [0.2, 0.25) is 5.02 Å². The molecule has 1 atom stereocenters. The van der Waals surface area contributed by atoms with Crippen LogP contribution in [0.15, 0.2) is 75.7 Å². The number of halogens is 1. The van der Waals surface area contributed by atoms with E-state index in [4.69, 9.17) is 21.1 Å². The van der Waals surface area contributed by atoms with Crippen LogP contribution in [-0.2, 0) is 9.53 Å². The van der Waals surface area contributed by atoms with Gasteiger partial charge in [0.05, 0.1) is 35.6 Å². The molecule has 3 heterocycles. The number of hydrogen-bond donors (Lipinski definition) is 0. The highest BCUT2D eigenvalue weighted by Gasteiger charge is 2.33. The molecule has 0 aliphatic carbocycles. The molecule has 0 spiro atoms. The highest BCUT2D eigenvalue weighted by Crippen LogP contribution is 2.31. The summed E-state index contributed by atoms with van der Waals surface area (Å²) in [6.07, 6.45) is 1.89. The van der Waals surface area contributed by atoms with Gasteiger partial charge in [0.15, 0.2) is 4.80 Å². The Bertz CT molecular complexity index is 1790. The Kier molecular flexibility index (Phi) is 7.34. The number of benzene rings is 2. The zero-order chi connectivity index (χ0) is 27.8. The molecule has 0 N–H and O–H groups in total. The highest BCUT2D eigenvalue weighted by atomic mass is 35.5. The first-order valence-corrected chi connectivity index (χ1v) is 13.7. The maximum absolute atomic E-state index is 13.9. The van der Waals surface area contributed by atoms with Crippen LogP contribution in [0.25, 0.3) is 11.8 Å². The van der Waals surface area contributed by atoms with E-state index in [1.165, 1.54) is 11.3 Å². The van der Waals surface area contributed by atoms with Gasteiger partial charge in [0.1, 0.15) is 5.75 Å². The number of rotatable bonds is 6. The Balaban J connectivity index is 1.69. The second kappa shape index (κ2) is 10.7. The number of carbonyl (C=O) groups excluding carboxylic acids is 1. The van der Waals surface area contributed by atoms with Crippen LogP contribution in [0.1, 0.15) is 42.4 Å². The molecule has 200 valence electrons. The van der Waals surface area contributed by atoms with E-state index in [9.17, 15) is 9.59 Å². The normalized spacial score (nSPS) is 15.2. The Hall–Kier alpha value is -3.88. The molecule has 5 rings (SSSR count). The molecule has 0 bridgehead atoms. The average molecular weight is 562 g/mol. The molecule has 2 aromatic heterocycles. The van der Waals surface area contributed by atoms with Crippen LogP contribution in [0, 0.1) is 13.8 Å². The van der Waals surface area contributed by atoms with Crippen molar-refractivity contribution < 1.29 is 14.3 Å². The van der Waals surface area contributed by atoms with E-state index in [0.717, 1.165) is 28.2 Å². The largest absolute Gasteiger partial charge is 0.497 e. The standard InChI is InChI=1S/C30H28ClN3O4S/c1-6-38-29(36)26-18(3)32-30-34(27(26)20-10-12-24(37-5)13-11-20)28(35)25(39-30)15-21-14-17(2)33(19(21)4)23-9-7-8-22(31)16-23/h7-16,27H,6H2,1-5H3/b25-15+/t27-/m0/s1. The molecule has 0 amide bonds. The summed E-state index contributed by atoms with van der Waals surface area (Å²) in [6, 6.07) is 16.4. The van der Waals surface area contributed by atoms with E-state index in [1.54, 1.807) is 25.5 Å². The van der Waals surface area contributed by atoms with Crippen molar-refractivity contribution in [3.8, 4) is 11.4 Å². The molecule has 9 heteroatoms. The van der Waals surface area contributed by atoms with Crippen molar-refractivity contribution in [2.75, 3.05) is 13.7 Å². The summed E-state index contributed by atoms with van der Waals surface area (Å²) in [5.41, 5.74) is 5.29. The van der Waals surface area contributed by atoms with Gasteiger partial charge in [-0.2, -0.15) is 0 Å². The van der Waals surface area contributed by atoms with Crippen LogP contribution < -0.4 is 19.6 Å². The number of aromatic nitrogens is 2. The first-order chi connectivity index (χ1) is 18.7. The summed E-state index contributed by atoms with van der Waals surface area (Å²) in [5.74, 6) is 0.193. The number of hydrogen-bond acceptors (Lipinski definition) is 6. The summed E-state index contributed by atoms with van der Waals surface area (Å²) in [4.78, 5) is 32.2. The maximum atomic E-state index is 13.9. The quantitative estimate of drug-likeness (QED) is 0.315. The number of methoxy groups -OCH3 is 1. The summed E-state index contributed by atoms with van der Waals surface area (Å²) >= 11 is 7.55. The van der Waals surface area contributed by atoms with Gasteiger partial charge < -0.3 is 14.0 Å². The van der Waals surface area contributed by atoms with Crippen molar-refractivity contribution in [1.82, 2.24) is 9.13 Å². The molecular formula is C30H28ClN3O4S. The first-order valence-electron chi connectivity index (χ1n) is 12.5. The number of carbonyl (C=O) groups is 1. The van der Waals surface area contributed by atoms with E-state index < -0.39 is 12.0 Å². The minimum atomic E-state index is -0.674. The fourth-order valence-corrected chi connectivity index (χ4v) is 6.20. The molecule has 0 fully saturated rings. The third-order valence-electron chi connectivity index (χ3n) is 6.77. The van der Waals surface area contributed by atoms with Crippen molar-refractivity contribution in [3.05, 3.63) is 113 Å². The maximum Gasteiger partial charge on any atom is 0.338 e. The van der Waals surface area contributed by atoms with E-state index in [-0.39, 0.29) is 12.2 Å². The lowest BCUT2D eigenvalue weighted by atomic mass is 9.96. The summed E-state index contributed by atoms with van der Waals surface area (Å²) < 4.78 is 14.9. The molecule has 0 saturated carbocycles. The molecule has 1 aliphatic rings. The fourth-order valence-electron chi connectivity index (χ4n) is 4.98. The third-order valence-corrected chi connectivity index (χ3v) is 7.99. The Morgan fingerprint density at radius 2 is 1.87 bits per heavy atom. The molecule has 2 aromatic carbocycles. The van der Waals surface area contributed by atoms with Gasteiger partial charge in [-0.25, -0.2) is 9.79 Å². The van der Waals surface area contributed by atoms with Gasteiger partial charge in [0, 0.05) is 22.1 Å². The van der Waals surface area contributed by atoms with Crippen molar-refractivity contribution >= 4 is 35.0 Å². The van der Waals surface area contributed by atoms with Crippen LogP contribution in [0.3, 0.4) is 0 Å². The third kappa shape index (κ3) is 4.86. The lowest BCUT2D eigenvalue weighted by Gasteiger charge is -2.24. The number of esters is 1. The van der Waals surface area contributed by atoms with Gasteiger partial charge in [0.2, 0.25) is 0 Å². The number of thiazole rings is 1. The van der Waals surface area contributed by atoms with Crippen molar-refractivity contribution in [2.24, 2.45) is 4.99 Å². The van der Waals surface area contributed by atoms with Gasteiger partial charge in [-0.05, 0) is 81.3 Å². The van der Waals surface area contributed by atoms with Gasteiger partial charge in [0.25, 0.3) is 5.56 Å². The number of aryl methyl sites for hydroxylation is 1. The zero-order valence-electron chi connectivity index (χ0n) is 22.3. The smallest absolute Gasteiger partial charge is 0.338 e. The van der Waals surface area contributed by atoms with Crippen molar-refractivity contribution in [1.29, 1.82) is 0 Å². The van der Waals surface area contributed by atoms with E-state index in [0.29, 0.717) is 31.4 Å². The van der Waals surface area contributed by atoms with E-state index in [2.05, 4.69) is 9.56 Å². The average Bonchev–Trinajstić information content (AvgIpc) is 3.37. The Morgan fingerprint density at radius 3 is 2.54 bits per heavy atom. The molecule has 0 unspecified atom stereocenters. The molecule has 4 aromatic rings.